The van der Waals surface area contributed by atoms with Crippen LogP contribution in [-0.2, 0) is 9.53 Å². The highest BCUT2D eigenvalue weighted by atomic mass is 16.5. The standard InChI is InChI=1S/C15H22N2O2/c1-15(2,19-3)14(18)17-10-6-8-12(16)11-7-4-5-9-13(11)17/h4-5,7,9,12H,6,8,10,16H2,1-3H3. The minimum atomic E-state index is -0.818. The Morgan fingerprint density at radius 3 is 2.79 bits per heavy atom. The summed E-state index contributed by atoms with van der Waals surface area (Å²) in [5, 5.41) is 0. The van der Waals surface area contributed by atoms with Crippen molar-refractivity contribution in [1.29, 1.82) is 0 Å². The molecule has 1 aromatic carbocycles. The molecule has 1 amide bonds. The lowest BCUT2D eigenvalue weighted by Gasteiger charge is -2.31. The normalized spacial score (nSPS) is 19.8. The zero-order valence-electron chi connectivity index (χ0n) is 11.8. The first-order chi connectivity index (χ1) is 8.97. The number of hydrogen-bond donors (Lipinski definition) is 1. The number of amides is 1. The number of hydrogen-bond acceptors (Lipinski definition) is 3. The predicted octanol–water partition coefficient (Wildman–Crippen LogP) is 2.24. The van der Waals surface area contributed by atoms with E-state index in [9.17, 15) is 4.79 Å². The molecule has 2 N–H and O–H groups in total. The van der Waals surface area contributed by atoms with Gasteiger partial charge in [-0.3, -0.25) is 4.79 Å². The molecular weight excluding hydrogens is 240 g/mol. The molecule has 4 nitrogen and oxygen atoms in total. The SMILES string of the molecule is COC(C)(C)C(=O)N1CCCC(N)c2ccccc21. The molecule has 4 heteroatoms. The Bertz CT molecular complexity index is 471. The summed E-state index contributed by atoms with van der Waals surface area (Å²) in [4.78, 5) is 14.4. The van der Waals surface area contributed by atoms with E-state index in [1.807, 2.05) is 29.2 Å². The molecule has 0 fully saturated rings. The Morgan fingerprint density at radius 2 is 2.11 bits per heavy atom. The summed E-state index contributed by atoms with van der Waals surface area (Å²) < 4.78 is 5.31. The first-order valence-electron chi connectivity index (χ1n) is 6.69. The average molecular weight is 262 g/mol. The van der Waals surface area contributed by atoms with Crippen molar-refractivity contribution in [2.75, 3.05) is 18.6 Å². The molecule has 104 valence electrons. The lowest BCUT2D eigenvalue weighted by Crippen LogP contribution is -2.47. The predicted molar refractivity (Wildman–Crippen MR) is 76.0 cm³/mol. The Balaban J connectivity index is 2.42. The number of nitrogens with two attached hydrogens (primary N) is 1. The van der Waals surface area contributed by atoms with Crippen molar-refractivity contribution in [3.8, 4) is 0 Å². The van der Waals surface area contributed by atoms with Crippen LogP contribution in [0.4, 0.5) is 5.69 Å². The largest absolute Gasteiger partial charge is 0.369 e. The van der Waals surface area contributed by atoms with E-state index in [2.05, 4.69) is 0 Å². The van der Waals surface area contributed by atoms with Gasteiger partial charge in [0.25, 0.3) is 5.91 Å². The Labute approximate surface area is 114 Å². The molecule has 1 aromatic rings. The van der Waals surface area contributed by atoms with Crippen molar-refractivity contribution in [3.63, 3.8) is 0 Å². The third kappa shape index (κ3) is 2.65. The second-order valence-electron chi connectivity index (χ2n) is 5.48. The molecule has 1 aliphatic rings. The Kier molecular flexibility index (Phi) is 3.92. The van der Waals surface area contributed by atoms with Crippen LogP contribution in [0.1, 0.15) is 38.3 Å². The highest BCUT2D eigenvalue weighted by molar-refractivity contribution is 5.99. The van der Waals surface area contributed by atoms with Crippen LogP contribution >= 0.6 is 0 Å². The van der Waals surface area contributed by atoms with Crippen LogP contribution < -0.4 is 10.6 Å². The number of anilines is 1. The van der Waals surface area contributed by atoms with Crippen molar-refractivity contribution in [3.05, 3.63) is 29.8 Å². The first-order valence-corrected chi connectivity index (χ1v) is 6.69. The number of carbonyl (C=O) groups is 1. The van der Waals surface area contributed by atoms with Crippen LogP contribution in [0, 0.1) is 0 Å². The van der Waals surface area contributed by atoms with Crippen LogP contribution in [0.25, 0.3) is 0 Å². The summed E-state index contributed by atoms with van der Waals surface area (Å²) in [5.74, 6) is -0.0171. The Morgan fingerprint density at radius 1 is 1.42 bits per heavy atom. The number of nitrogens with zero attached hydrogens (tertiary/aromatic N) is 1. The molecule has 0 aromatic heterocycles. The number of carbonyl (C=O) groups excluding carboxylic acids is 1. The van der Waals surface area contributed by atoms with E-state index >= 15 is 0 Å². The van der Waals surface area contributed by atoms with Crippen molar-refractivity contribution >= 4 is 11.6 Å². The summed E-state index contributed by atoms with van der Waals surface area (Å²) >= 11 is 0. The van der Waals surface area contributed by atoms with Crippen LogP contribution in [0.3, 0.4) is 0 Å². The molecule has 0 saturated heterocycles. The molecule has 0 bridgehead atoms. The van der Waals surface area contributed by atoms with Crippen molar-refractivity contribution in [2.45, 2.75) is 38.3 Å². The van der Waals surface area contributed by atoms with Gasteiger partial charge in [-0.15, -0.1) is 0 Å². The minimum absolute atomic E-state index is 0.000317. The highest BCUT2D eigenvalue weighted by Crippen LogP contribution is 2.32. The minimum Gasteiger partial charge on any atom is -0.369 e. The maximum atomic E-state index is 12.6. The van der Waals surface area contributed by atoms with Crippen LogP contribution in [-0.4, -0.2) is 25.2 Å². The molecule has 19 heavy (non-hydrogen) atoms. The summed E-state index contributed by atoms with van der Waals surface area (Å²) in [6.45, 7) is 4.28. The molecule has 2 rings (SSSR count). The van der Waals surface area contributed by atoms with Crippen LogP contribution in [0.2, 0.25) is 0 Å². The van der Waals surface area contributed by atoms with E-state index in [0.29, 0.717) is 6.54 Å². The maximum Gasteiger partial charge on any atom is 0.258 e. The van der Waals surface area contributed by atoms with Gasteiger partial charge in [-0.25, -0.2) is 0 Å². The zero-order valence-corrected chi connectivity index (χ0v) is 11.8. The number of para-hydroxylation sites is 1. The third-order valence-corrected chi connectivity index (χ3v) is 3.79. The monoisotopic (exact) mass is 262 g/mol. The number of methoxy groups -OCH3 is 1. The molecular formula is C15H22N2O2. The highest BCUT2D eigenvalue weighted by Gasteiger charge is 2.34. The van der Waals surface area contributed by atoms with Crippen LogP contribution in [0.5, 0.6) is 0 Å². The lowest BCUT2D eigenvalue weighted by atomic mass is 10.0. The van der Waals surface area contributed by atoms with Gasteiger partial charge in [0, 0.05) is 25.4 Å². The van der Waals surface area contributed by atoms with Gasteiger partial charge in [0.1, 0.15) is 5.60 Å². The molecule has 0 aliphatic carbocycles. The van der Waals surface area contributed by atoms with E-state index in [1.165, 1.54) is 0 Å². The maximum absolute atomic E-state index is 12.6. The second-order valence-corrected chi connectivity index (χ2v) is 5.48. The van der Waals surface area contributed by atoms with E-state index in [-0.39, 0.29) is 11.9 Å². The van der Waals surface area contributed by atoms with Gasteiger partial charge in [-0.05, 0) is 38.3 Å². The van der Waals surface area contributed by atoms with Gasteiger partial charge in [0.15, 0.2) is 0 Å². The Hall–Kier alpha value is -1.39. The number of fused-ring (bicyclic) bond motifs is 1. The van der Waals surface area contributed by atoms with Gasteiger partial charge < -0.3 is 15.4 Å². The summed E-state index contributed by atoms with van der Waals surface area (Å²) in [7, 11) is 1.56. The van der Waals surface area contributed by atoms with Gasteiger partial charge in [-0.1, -0.05) is 18.2 Å². The summed E-state index contributed by atoms with van der Waals surface area (Å²) in [5.41, 5.74) is 7.32. The summed E-state index contributed by atoms with van der Waals surface area (Å²) in [6.07, 6.45) is 1.80. The lowest BCUT2D eigenvalue weighted by molar-refractivity contribution is -0.136. The molecule has 0 saturated carbocycles. The fourth-order valence-corrected chi connectivity index (χ4v) is 2.42. The number of rotatable bonds is 2. The van der Waals surface area contributed by atoms with E-state index in [1.54, 1.807) is 21.0 Å². The summed E-state index contributed by atoms with van der Waals surface area (Å²) in [6, 6.07) is 7.88. The fraction of sp³-hybridized carbons (Fsp3) is 0.533. The van der Waals surface area contributed by atoms with Crippen molar-refractivity contribution in [2.24, 2.45) is 5.73 Å². The molecule has 1 atom stereocenters. The van der Waals surface area contributed by atoms with Gasteiger partial charge in [0.2, 0.25) is 0 Å². The molecule has 1 unspecified atom stereocenters. The molecule has 1 heterocycles. The number of benzene rings is 1. The topological polar surface area (TPSA) is 55.6 Å². The third-order valence-electron chi connectivity index (χ3n) is 3.79. The average Bonchev–Trinajstić information content (AvgIpc) is 2.58. The van der Waals surface area contributed by atoms with Gasteiger partial charge in [0.05, 0.1) is 0 Å². The second kappa shape index (κ2) is 5.31. The quantitative estimate of drug-likeness (QED) is 0.889. The smallest absolute Gasteiger partial charge is 0.258 e. The van der Waals surface area contributed by atoms with Gasteiger partial charge in [-0.2, -0.15) is 0 Å². The molecule has 0 spiro atoms. The molecule has 0 radical (unpaired) electrons. The van der Waals surface area contributed by atoms with E-state index in [4.69, 9.17) is 10.5 Å². The van der Waals surface area contributed by atoms with E-state index < -0.39 is 5.60 Å². The van der Waals surface area contributed by atoms with Gasteiger partial charge >= 0.3 is 0 Å². The van der Waals surface area contributed by atoms with E-state index in [0.717, 1.165) is 24.1 Å². The van der Waals surface area contributed by atoms with Crippen LogP contribution in [0.15, 0.2) is 24.3 Å². The van der Waals surface area contributed by atoms with Crippen molar-refractivity contribution < 1.29 is 9.53 Å². The first kappa shape index (κ1) is 14.0. The molecule has 1 aliphatic heterocycles. The fourth-order valence-electron chi connectivity index (χ4n) is 2.42. The zero-order chi connectivity index (χ0) is 14.0. The van der Waals surface area contributed by atoms with Crippen molar-refractivity contribution in [1.82, 2.24) is 0 Å². The number of ether oxygens (including phenoxy) is 1.